The predicted octanol–water partition coefficient (Wildman–Crippen LogP) is 6.86. The van der Waals surface area contributed by atoms with Crippen molar-refractivity contribution in [2.45, 2.75) is 65.2 Å². The van der Waals surface area contributed by atoms with Crippen molar-refractivity contribution < 1.29 is 9.53 Å². The summed E-state index contributed by atoms with van der Waals surface area (Å²) in [7, 11) is 0. The normalized spacial score (nSPS) is 18.3. The van der Waals surface area contributed by atoms with E-state index in [2.05, 4.69) is 31.2 Å². The summed E-state index contributed by atoms with van der Waals surface area (Å²) in [6.07, 6.45) is 13.1. The Balaban J connectivity index is 1.50. The third kappa shape index (κ3) is 4.47. The Hall–Kier alpha value is -2.35. The molecule has 0 unspecified atom stereocenters. The van der Waals surface area contributed by atoms with E-state index < -0.39 is 0 Å². The highest BCUT2D eigenvalue weighted by atomic mass is 16.5. The maximum Gasteiger partial charge on any atom is 0.338 e. The third-order valence-electron chi connectivity index (χ3n) is 6.98. The van der Waals surface area contributed by atoms with Crippen LogP contribution in [0, 0.1) is 5.41 Å². The molecule has 1 fully saturated rings. The van der Waals surface area contributed by atoms with Gasteiger partial charge in [-0.25, -0.2) is 4.79 Å². The Bertz CT molecular complexity index is 899. The van der Waals surface area contributed by atoms with Crippen LogP contribution in [0.4, 0.5) is 0 Å². The minimum Gasteiger partial charge on any atom is -0.462 e. The Kier molecular flexibility index (Phi) is 5.89. The number of carbonyl (C=O) groups is 1. The van der Waals surface area contributed by atoms with Gasteiger partial charge in [-0.05, 0) is 97.7 Å². The fourth-order valence-electron chi connectivity index (χ4n) is 5.16. The van der Waals surface area contributed by atoms with Crippen LogP contribution in [0.2, 0.25) is 0 Å². The van der Waals surface area contributed by atoms with Crippen molar-refractivity contribution in [1.82, 2.24) is 0 Å². The SMILES string of the molecule is CCOC(=O)c1ccc(/C=C(\C)c2ccc3c(c2)CCC2(CCCC2)CC3)cc1. The van der Waals surface area contributed by atoms with Crippen LogP contribution in [-0.4, -0.2) is 12.6 Å². The minimum absolute atomic E-state index is 0.259. The smallest absolute Gasteiger partial charge is 0.338 e. The fourth-order valence-corrected chi connectivity index (χ4v) is 5.16. The van der Waals surface area contributed by atoms with E-state index in [0.29, 0.717) is 17.6 Å². The van der Waals surface area contributed by atoms with E-state index >= 15 is 0 Å². The molecule has 0 bridgehead atoms. The van der Waals surface area contributed by atoms with Gasteiger partial charge in [-0.3, -0.25) is 0 Å². The molecule has 0 amide bonds. The molecule has 0 heterocycles. The first kappa shape index (κ1) is 19.9. The average Bonchev–Trinajstić information content (AvgIpc) is 3.12. The van der Waals surface area contributed by atoms with Crippen LogP contribution >= 0.6 is 0 Å². The molecule has 0 N–H and O–H groups in total. The number of carbonyl (C=O) groups excluding carboxylic acids is 1. The van der Waals surface area contributed by atoms with Crippen molar-refractivity contribution in [2.24, 2.45) is 5.41 Å². The zero-order chi connectivity index (χ0) is 20.3. The van der Waals surface area contributed by atoms with Gasteiger partial charge in [0, 0.05) is 0 Å². The van der Waals surface area contributed by atoms with E-state index in [0.717, 1.165) is 5.56 Å². The summed E-state index contributed by atoms with van der Waals surface area (Å²) in [6.45, 7) is 4.40. The zero-order valence-electron chi connectivity index (χ0n) is 17.8. The van der Waals surface area contributed by atoms with Gasteiger partial charge in [0.05, 0.1) is 12.2 Å². The van der Waals surface area contributed by atoms with Gasteiger partial charge in [0.2, 0.25) is 0 Å². The number of aryl methyl sites for hydroxylation is 2. The molecule has 0 radical (unpaired) electrons. The van der Waals surface area contributed by atoms with Crippen molar-refractivity contribution >= 4 is 17.6 Å². The summed E-state index contributed by atoms with van der Waals surface area (Å²) < 4.78 is 5.06. The van der Waals surface area contributed by atoms with Crippen LogP contribution in [0.15, 0.2) is 42.5 Å². The lowest BCUT2D eigenvalue weighted by Gasteiger charge is -2.26. The molecule has 4 rings (SSSR count). The molecule has 1 spiro atoms. The van der Waals surface area contributed by atoms with E-state index in [1.807, 2.05) is 31.2 Å². The number of esters is 1. The second kappa shape index (κ2) is 8.57. The third-order valence-corrected chi connectivity index (χ3v) is 6.98. The van der Waals surface area contributed by atoms with E-state index in [9.17, 15) is 4.79 Å². The van der Waals surface area contributed by atoms with Crippen LogP contribution in [-0.2, 0) is 17.6 Å². The Morgan fingerprint density at radius 3 is 2.28 bits per heavy atom. The number of hydrogen-bond donors (Lipinski definition) is 0. The molecule has 2 aliphatic carbocycles. The Labute approximate surface area is 175 Å². The van der Waals surface area contributed by atoms with Gasteiger partial charge in [0.15, 0.2) is 0 Å². The van der Waals surface area contributed by atoms with Gasteiger partial charge >= 0.3 is 5.97 Å². The topological polar surface area (TPSA) is 26.3 Å². The molecule has 152 valence electrons. The Morgan fingerprint density at radius 2 is 1.59 bits per heavy atom. The van der Waals surface area contributed by atoms with E-state index in [-0.39, 0.29) is 5.97 Å². The van der Waals surface area contributed by atoms with Gasteiger partial charge in [-0.2, -0.15) is 0 Å². The monoisotopic (exact) mass is 388 g/mol. The lowest BCUT2D eigenvalue weighted by atomic mass is 9.79. The maximum absolute atomic E-state index is 11.8. The molecule has 2 nitrogen and oxygen atoms in total. The number of allylic oxidation sites excluding steroid dienone is 1. The average molecular weight is 389 g/mol. The van der Waals surface area contributed by atoms with Crippen LogP contribution in [0.5, 0.6) is 0 Å². The summed E-state index contributed by atoms with van der Waals surface area (Å²) in [4.78, 5) is 11.8. The molecular formula is C27H32O2. The van der Waals surface area contributed by atoms with E-state index in [1.54, 1.807) is 11.1 Å². The largest absolute Gasteiger partial charge is 0.462 e. The summed E-state index contributed by atoms with van der Waals surface area (Å²) in [5, 5.41) is 0. The van der Waals surface area contributed by atoms with Crippen LogP contribution in [0.3, 0.4) is 0 Å². The standard InChI is InChI=1S/C27H32O2/c1-3-29-26(28)23-8-6-21(7-9-23)18-20(2)24-11-10-22-12-16-27(14-4-5-15-27)17-13-25(22)19-24/h6-11,18-19H,3-5,12-17H2,1-2H3/b20-18+. The second-order valence-electron chi connectivity index (χ2n) is 8.86. The molecule has 0 atom stereocenters. The van der Waals surface area contributed by atoms with Crippen molar-refractivity contribution in [1.29, 1.82) is 0 Å². The Morgan fingerprint density at radius 1 is 0.931 bits per heavy atom. The molecular weight excluding hydrogens is 356 g/mol. The van der Waals surface area contributed by atoms with Gasteiger partial charge in [-0.15, -0.1) is 0 Å². The van der Waals surface area contributed by atoms with Gasteiger partial charge in [0.25, 0.3) is 0 Å². The molecule has 0 aromatic heterocycles. The van der Waals surface area contributed by atoms with E-state index in [1.165, 1.54) is 62.5 Å². The van der Waals surface area contributed by atoms with Crippen molar-refractivity contribution in [2.75, 3.05) is 6.61 Å². The molecule has 2 aliphatic rings. The molecule has 1 saturated carbocycles. The van der Waals surface area contributed by atoms with Crippen molar-refractivity contribution in [3.05, 3.63) is 70.3 Å². The van der Waals surface area contributed by atoms with E-state index in [4.69, 9.17) is 4.74 Å². The molecule has 29 heavy (non-hydrogen) atoms. The highest BCUT2D eigenvalue weighted by Gasteiger charge is 2.34. The van der Waals surface area contributed by atoms with Crippen molar-refractivity contribution in [3.63, 3.8) is 0 Å². The first-order chi connectivity index (χ1) is 14.1. The molecule has 2 aromatic carbocycles. The fraction of sp³-hybridized carbons (Fsp3) is 0.444. The molecule has 2 aromatic rings. The molecule has 2 heteroatoms. The van der Waals surface area contributed by atoms with Gasteiger partial charge < -0.3 is 4.74 Å². The summed E-state index contributed by atoms with van der Waals surface area (Å²) in [5.41, 5.74) is 8.02. The quantitative estimate of drug-likeness (QED) is 0.422. The summed E-state index contributed by atoms with van der Waals surface area (Å²) in [6, 6.07) is 14.7. The number of rotatable bonds is 4. The lowest BCUT2D eigenvalue weighted by Crippen LogP contribution is -2.16. The first-order valence-electron chi connectivity index (χ1n) is 11.2. The molecule has 0 saturated heterocycles. The number of benzene rings is 2. The first-order valence-corrected chi connectivity index (χ1v) is 11.2. The second-order valence-corrected chi connectivity index (χ2v) is 8.86. The summed E-state index contributed by atoms with van der Waals surface area (Å²) in [5.74, 6) is -0.259. The number of ether oxygens (including phenoxy) is 1. The van der Waals surface area contributed by atoms with Crippen LogP contribution < -0.4 is 0 Å². The van der Waals surface area contributed by atoms with Crippen molar-refractivity contribution in [3.8, 4) is 0 Å². The van der Waals surface area contributed by atoms with Gasteiger partial charge in [-0.1, -0.05) is 49.2 Å². The van der Waals surface area contributed by atoms with Crippen LogP contribution in [0.25, 0.3) is 11.6 Å². The zero-order valence-corrected chi connectivity index (χ0v) is 17.8. The lowest BCUT2D eigenvalue weighted by molar-refractivity contribution is 0.0526. The highest BCUT2D eigenvalue weighted by Crippen LogP contribution is 2.47. The number of fused-ring (bicyclic) bond motifs is 1. The maximum atomic E-state index is 11.8. The minimum atomic E-state index is -0.259. The highest BCUT2D eigenvalue weighted by molar-refractivity contribution is 5.90. The summed E-state index contributed by atoms with van der Waals surface area (Å²) >= 11 is 0. The van der Waals surface area contributed by atoms with Gasteiger partial charge in [0.1, 0.15) is 0 Å². The molecule has 0 aliphatic heterocycles. The van der Waals surface area contributed by atoms with Crippen LogP contribution in [0.1, 0.15) is 85.0 Å². The number of hydrogen-bond acceptors (Lipinski definition) is 2. The predicted molar refractivity (Wildman–Crippen MR) is 120 cm³/mol.